The number of halogens is 6. The Morgan fingerprint density at radius 2 is 0.972 bits per heavy atom. The van der Waals surface area contributed by atoms with Crippen molar-refractivity contribution < 1.29 is 45.4 Å². The average molecular weight is 1000 g/mol. The Morgan fingerprint density at radius 3 is 1.32 bits per heavy atom. The maximum atomic E-state index is 13.1. The molecule has 4 saturated carbocycles. The fourth-order valence-electron chi connectivity index (χ4n) is 13.3. The van der Waals surface area contributed by atoms with E-state index in [0.717, 1.165) is 87.0 Å². The van der Waals surface area contributed by atoms with Crippen LogP contribution in [0.25, 0.3) is 34.4 Å². The third-order valence-corrected chi connectivity index (χ3v) is 16.7. The van der Waals surface area contributed by atoms with Crippen molar-refractivity contribution in [1.29, 1.82) is 0 Å². The highest BCUT2D eigenvalue weighted by atomic mass is 19.4. The number of nitrogens with two attached hydrogens (primary N) is 1. The second-order valence-corrected chi connectivity index (χ2v) is 20.5. The molecule has 0 spiro atoms. The van der Waals surface area contributed by atoms with Gasteiger partial charge in [0.25, 0.3) is 0 Å². The van der Waals surface area contributed by atoms with Crippen molar-refractivity contribution in [1.82, 2.24) is 20.6 Å². The molecule has 0 bridgehead atoms. The Balaban J connectivity index is 0.000000186. The number of hydrogen-bond donors (Lipinski definition) is 3. The van der Waals surface area contributed by atoms with Gasteiger partial charge in [-0.15, -0.1) is 0 Å². The Hall–Kier alpha value is -5.38. The number of fused-ring (bicyclic) bond motifs is 4. The molecular formula is C57H67F6N5O4. The molecule has 2 aromatic heterocycles. The minimum atomic E-state index is -4.38. The number of pyridine rings is 2. The maximum absolute atomic E-state index is 13.1. The molecule has 386 valence electrons. The van der Waals surface area contributed by atoms with Gasteiger partial charge in [-0.05, 0) is 182 Å². The normalized spacial score (nSPS) is 32.0. The fraction of sp³-hybridized carbons (Fsp3) is 0.509. The summed E-state index contributed by atoms with van der Waals surface area (Å²) in [5, 5.41) is 6.83. The topological polar surface area (TPSA) is 128 Å². The number of benzene rings is 2. The lowest BCUT2D eigenvalue weighted by Crippen LogP contribution is -2.46. The van der Waals surface area contributed by atoms with Gasteiger partial charge in [0.2, 0.25) is 0 Å². The minimum Gasteiger partial charge on any atom is -0.462 e. The van der Waals surface area contributed by atoms with E-state index in [1.54, 1.807) is 36.7 Å². The van der Waals surface area contributed by atoms with Crippen LogP contribution in [-0.2, 0) is 31.4 Å². The molecule has 4 N–H and O–H groups in total. The SMILES string of the molecule is CN.CN[C@@H]1CC[C@@H]2[C@@H](C1)C[C@H]1C(=O)O[C@H](C)[C@H]1[C@H]2/C=C/c1ccc(-c2cccc(C(F)(F)F)c2)cn1.CN[C@H]1CC[C@@H]2[C@@H](C1)C[C@H]1C(=O)O[C@H](C)[C@H]1[C@H]2/C=C/c1ccc(-c2cccc(C(F)(F)F)c2)cn1. The lowest BCUT2D eigenvalue weighted by molar-refractivity contribution is -0.145. The number of nitrogens with one attached hydrogen (secondary N) is 2. The fourth-order valence-corrected chi connectivity index (χ4v) is 13.3. The summed E-state index contributed by atoms with van der Waals surface area (Å²) in [7, 11) is 5.52. The molecule has 72 heavy (non-hydrogen) atoms. The number of allylic oxidation sites excluding steroid dienone is 2. The van der Waals surface area contributed by atoms with Crippen molar-refractivity contribution in [3.05, 3.63) is 120 Å². The summed E-state index contributed by atoms with van der Waals surface area (Å²) in [6.45, 7) is 4.01. The number of cyclic esters (lactones) is 2. The van der Waals surface area contributed by atoms with Crippen molar-refractivity contribution in [2.45, 2.75) is 102 Å². The van der Waals surface area contributed by atoms with E-state index in [-0.39, 0.29) is 59.7 Å². The number of hydrogen-bond acceptors (Lipinski definition) is 9. The number of alkyl halides is 6. The van der Waals surface area contributed by atoms with Gasteiger partial charge in [-0.2, -0.15) is 26.3 Å². The zero-order valence-electron chi connectivity index (χ0n) is 41.5. The van der Waals surface area contributed by atoms with Gasteiger partial charge in [0.1, 0.15) is 12.2 Å². The summed E-state index contributed by atoms with van der Waals surface area (Å²) < 4.78 is 89.8. The molecule has 4 aliphatic carbocycles. The van der Waals surface area contributed by atoms with Crippen LogP contribution in [0.1, 0.15) is 87.7 Å². The largest absolute Gasteiger partial charge is 0.462 e. The van der Waals surface area contributed by atoms with Gasteiger partial charge in [-0.1, -0.05) is 48.6 Å². The van der Waals surface area contributed by atoms with Gasteiger partial charge in [0.05, 0.1) is 34.4 Å². The van der Waals surface area contributed by atoms with Gasteiger partial charge in [-0.25, -0.2) is 0 Å². The van der Waals surface area contributed by atoms with E-state index < -0.39 is 23.5 Å². The Kier molecular flexibility index (Phi) is 16.5. The summed E-state index contributed by atoms with van der Waals surface area (Å²) in [6, 6.07) is 18.8. The molecule has 2 saturated heterocycles. The van der Waals surface area contributed by atoms with Crippen molar-refractivity contribution in [3.8, 4) is 22.3 Å². The van der Waals surface area contributed by atoms with Crippen LogP contribution in [0.2, 0.25) is 0 Å². The predicted octanol–water partition coefficient (Wildman–Crippen LogP) is 11.5. The van der Waals surface area contributed by atoms with Crippen LogP contribution in [0.15, 0.2) is 97.3 Å². The zero-order valence-corrected chi connectivity index (χ0v) is 41.5. The molecule has 10 rings (SSSR count). The summed E-state index contributed by atoms with van der Waals surface area (Å²) in [5.74, 6) is 2.62. The van der Waals surface area contributed by atoms with Crippen LogP contribution in [0, 0.1) is 59.2 Å². The number of esters is 2. The van der Waals surface area contributed by atoms with Gasteiger partial charge >= 0.3 is 24.3 Å². The second-order valence-electron chi connectivity index (χ2n) is 20.5. The molecule has 4 aromatic rings. The van der Waals surface area contributed by atoms with E-state index in [1.165, 1.54) is 19.2 Å². The number of nitrogens with zero attached hydrogens (tertiary/aromatic N) is 2. The Morgan fingerprint density at radius 1 is 0.569 bits per heavy atom. The first-order valence-electron chi connectivity index (χ1n) is 25.5. The first kappa shape index (κ1) is 52.9. The first-order chi connectivity index (χ1) is 34.5. The third kappa shape index (κ3) is 11.5. The quantitative estimate of drug-likeness (QED) is 0.117. The van der Waals surface area contributed by atoms with E-state index in [1.807, 2.05) is 52.2 Å². The number of aromatic nitrogens is 2. The number of carbonyl (C=O) groups excluding carboxylic acids is 2. The molecule has 14 atom stereocenters. The van der Waals surface area contributed by atoms with Crippen LogP contribution in [0.3, 0.4) is 0 Å². The highest BCUT2D eigenvalue weighted by Crippen LogP contribution is 2.55. The molecule has 0 radical (unpaired) electrons. The Bertz CT molecular complexity index is 2380. The number of rotatable bonds is 8. The third-order valence-electron chi connectivity index (χ3n) is 16.7. The van der Waals surface area contributed by atoms with E-state index in [2.05, 4.69) is 38.5 Å². The van der Waals surface area contributed by atoms with Gasteiger partial charge < -0.3 is 25.8 Å². The van der Waals surface area contributed by atoms with E-state index in [4.69, 9.17) is 9.47 Å². The molecule has 15 heteroatoms. The van der Waals surface area contributed by atoms with Gasteiger partial charge in [0.15, 0.2) is 0 Å². The second kappa shape index (κ2) is 22.4. The zero-order chi connectivity index (χ0) is 51.5. The summed E-state index contributed by atoms with van der Waals surface area (Å²) >= 11 is 0. The number of ether oxygens (including phenoxy) is 2. The molecule has 2 aromatic carbocycles. The van der Waals surface area contributed by atoms with Crippen molar-refractivity contribution in [3.63, 3.8) is 0 Å². The van der Waals surface area contributed by atoms with Crippen molar-refractivity contribution in [2.24, 2.45) is 64.9 Å². The van der Waals surface area contributed by atoms with Gasteiger partial charge in [0, 0.05) is 47.4 Å². The molecule has 4 heterocycles. The highest BCUT2D eigenvalue weighted by molar-refractivity contribution is 5.76. The van der Waals surface area contributed by atoms with Gasteiger partial charge in [-0.3, -0.25) is 19.6 Å². The Labute approximate surface area is 418 Å². The van der Waals surface area contributed by atoms with Crippen LogP contribution in [0.4, 0.5) is 26.3 Å². The molecule has 6 aliphatic rings. The molecule has 0 amide bonds. The molecule has 9 nitrogen and oxygen atoms in total. The first-order valence-corrected chi connectivity index (χ1v) is 25.5. The molecule has 2 aliphatic heterocycles. The minimum absolute atomic E-state index is 0.0484. The van der Waals surface area contributed by atoms with Crippen molar-refractivity contribution >= 4 is 24.1 Å². The summed E-state index contributed by atoms with van der Waals surface area (Å²) in [6.07, 6.45) is 11.2. The summed E-state index contributed by atoms with van der Waals surface area (Å²) in [5.41, 5.74) is 6.91. The molecule has 0 unspecified atom stereocenters. The van der Waals surface area contributed by atoms with Crippen molar-refractivity contribution in [2.75, 3.05) is 21.1 Å². The summed E-state index contributed by atoms with van der Waals surface area (Å²) in [4.78, 5) is 34.2. The maximum Gasteiger partial charge on any atom is 0.416 e. The van der Waals surface area contributed by atoms with Crippen LogP contribution < -0.4 is 16.4 Å². The average Bonchev–Trinajstić information content (AvgIpc) is 3.84. The monoisotopic (exact) mass is 1000 g/mol. The predicted molar refractivity (Wildman–Crippen MR) is 266 cm³/mol. The molecular weight excluding hydrogens is 933 g/mol. The van der Waals surface area contributed by atoms with Crippen LogP contribution >= 0.6 is 0 Å². The van der Waals surface area contributed by atoms with E-state index >= 15 is 0 Å². The van der Waals surface area contributed by atoms with E-state index in [0.29, 0.717) is 58.0 Å². The smallest absolute Gasteiger partial charge is 0.416 e. The highest BCUT2D eigenvalue weighted by Gasteiger charge is 2.56. The number of carbonyl (C=O) groups is 2. The lowest BCUT2D eigenvalue weighted by Gasteiger charge is -2.47. The molecule has 6 fully saturated rings. The standard InChI is InChI=1S/2C28H31F3N2O2.CH5N/c2*1-16-26-24(23-10-9-22(32-2)13-19(23)14-25(26)27(34)35-16)11-8-21-7-6-18(15-33-21)17-4-3-5-20(12-17)28(29,30)31;1-2/h2*3-8,11-12,15-16,19,22-26,32H,9-10,13-14H2,1-2H3;2H2,1H3/b2*11-8+;/t16-,19+,22+,23-,24+,25-,26+;16-,19+,22-,23-,24+,25-,26+;/m11./s1. The van der Waals surface area contributed by atoms with Crippen LogP contribution in [-0.4, -0.2) is 67.3 Å². The van der Waals surface area contributed by atoms with Crippen LogP contribution in [0.5, 0.6) is 0 Å². The van der Waals surface area contributed by atoms with E-state index in [9.17, 15) is 35.9 Å². The lowest BCUT2D eigenvalue weighted by atomic mass is 9.57.